The Labute approximate surface area is 318 Å². The number of aryl methyl sites for hydroxylation is 3. The first-order valence-corrected chi connectivity index (χ1v) is 18.8. The number of aromatic nitrogens is 1. The summed E-state index contributed by atoms with van der Waals surface area (Å²) in [4.78, 5) is 5.08. The molecule has 1 nitrogen and oxygen atoms in total. The summed E-state index contributed by atoms with van der Waals surface area (Å²) >= 11 is 6.71. The van der Waals surface area contributed by atoms with Gasteiger partial charge in [-0.3, -0.25) is 4.98 Å². The highest BCUT2D eigenvalue weighted by Gasteiger charge is 2.22. The Kier molecular flexibility index (Phi) is 9.29. The molecule has 0 amide bonds. The Morgan fingerprint density at radius 1 is 0.491 bits per heavy atom. The second-order valence-corrected chi connectivity index (χ2v) is 14.7. The molecule has 0 unspecified atom stereocenters. The second kappa shape index (κ2) is 14.3. The van der Waals surface area contributed by atoms with Crippen LogP contribution in [0.15, 0.2) is 152 Å². The molecular formula is C51H42ClN. The lowest BCUT2D eigenvalue weighted by atomic mass is 9.84. The summed E-state index contributed by atoms with van der Waals surface area (Å²) in [6.07, 6.45) is 7.00. The van der Waals surface area contributed by atoms with E-state index in [-0.39, 0.29) is 0 Å². The molecule has 1 heterocycles. The molecule has 2 heteroatoms. The molecule has 1 aromatic heterocycles. The van der Waals surface area contributed by atoms with Crippen LogP contribution in [-0.2, 0) is 6.42 Å². The van der Waals surface area contributed by atoms with Crippen LogP contribution in [0.25, 0.3) is 77.3 Å². The lowest BCUT2D eigenvalue weighted by Crippen LogP contribution is -1.94. The van der Waals surface area contributed by atoms with Crippen molar-refractivity contribution in [2.24, 2.45) is 0 Å². The lowest BCUT2D eigenvalue weighted by Gasteiger charge is -2.19. The molecule has 0 saturated heterocycles. The molecule has 258 valence electrons. The van der Waals surface area contributed by atoms with E-state index in [2.05, 4.69) is 148 Å². The SMILES string of the molecule is C/C=C\C.Cc1cc(C)cc(-c2c3ccccc3c(-c3cc(C)cc(Cl)c3)c3cc(-c4ccc(-c5cccc6c5Cc5ccccc5-6)cn4)ccc23)c1. The molecular weight excluding hydrogens is 662 g/mol. The summed E-state index contributed by atoms with van der Waals surface area (Å²) in [6.45, 7) is 10.5. The molecule has 0 aliphatic heterocycles. The third kappa shape index (κ3) is 6.47. The van der Waals surface area contributed by atoms with Crippen LogP contribution in [0.5, 0.6) is 0 Å². The van der Waals surface area contributed by atoms with Gasteiger partial charge in [-0.25, -0.2) is 0 Å². The van der Waals surface area contributed by atoms with Crippen LogP contribution in [0.4, 0.5) is 0 Å². The van der Waals surface area contributed by atoms with Crippen LogP contribution in [0, 0.1) is 20.8 Å². The van der Waals surface area contributed by atoms with Crippen LogP contribution in [-0.4, -0.2) is 4.98 Å². The molecule has 0 bridgehead atoms. The van der Waals surface area contributed by atoms with Crippen molar-refractivity contribution in [3.63, 3.8) is 0 Å². The number of fused-ring (bicyclic) bond motifs is 5. The van der Waals surface area contributed by atoms with Gasteiger partial charge in [-0.05, 0) is 142 Å². The topological polar surface area (TPSA) is 12.9 Å². The van der Waals surface area contributed by atoms with Crippen LogP contribution < -0.4 is 0 Å². The molecule has 0 saturated carbocycles. The first-order valence-electron chi connectivity index (χ1n) is 18.4. The van der Waals surface area contributed by atoms with E-state index in [0.717, 1.165) is 39.4 Å². The van der Waals surface area contributed by atoms with Crippen LogP contribution >= 0.6 is 11.6 Å². The average Bonchev–Trinajstić information content (AvgIpc) is 3.55. The number of allylic oxidation sites excluding steroid dienone is 2. The Balaban J connectivity index is 0.000000954. The minimum absolute atomic E-state index is 0.745. The maximum atomic E-state index is 6.71. The van der Waals surface area contributed by atoms with Crippen molar-refractivity contribution >= 4 is 33.1 Å². The Morgan fingerprint density at radius 2 is 1.08 bits per heavy atom. The van der Waals surface area contributed by atoms with E-state index in [1.165, 1.54) is 77.2 Å². The van der Waals surface area contributed by atoms with E-state index in [9.17, 15) is 0 Å². The fraction of sp³-hybridized carbons (Fsp3) is 0.118. The van der Waals surface area contributed by atoms with Crippen LogP contribution in [0.1, 0.15) is 41.7 Å². The van der Waals surface area contributed by atoms with Crippen molar-refractivity contribution in [1.29, 1.82) is 0 Å². The highest BCUT2D eigenvalue weighted by Crippen LogP contribution is 2.46. The van der Waals surface area contributed by atoms with Crippen molar-refractivity contribution in [2.75, 3.05) is 0 Å². The lowest BCUT2D eigenvalue weighted by molar-refractivity contribution is 1.25. The fourth-order valence-electron chi connectivity index (χ4n) is 8.11. The van der Waals surface area contributed by atoms with E-state index in [4.69, 9.17) is 16.6 Å². The maximum Gasteiger partial charge on any atom is 0.0702 e. The Morgan fingerprint density at radius 3 is 1.75 bits per heavy atom. The molecule has 0 fully saturated rings. The molecule has 0 radical (unpaired) electrons. The summed E-state index contributed by atoms with van der Waals surface area (Å²) in [5, 5.41) is 5.60. The van der Waals surface area contributed by atoms with Gasteiger partial charge in [0.25, 0.3) is 0 Å². The number of pyridine rings is 1. The smallest absolute Gasteiger partial charge is 0.0702 e. The molecule has 53 heavy (non-hydrogen) atoms. The van der Waals surface area contributed by atoms with Gasteiger partial charge >= 0.3 is 0 Å². The van der Waals surface area contributed by atoms with Gasteiger partial charge in [-0.2, -0.15) is 0 Å². The standard InChI is InChI=1S/C47H34ClN.C4H8/c1-28-19-29(2)21-34(20-28)46-40-11-6-7-12-41(40)47(35-22-30(3)23-36(48)24-35)44-26-32(15-17-42(44)46)45-18-16-33(27-49-45)38-13-8-14-39-37-10-5-4-9-31(37)25-43(38)39;1-3-4-2/h4-24,26-27H,25H2,1-3H3;3-4H,1-2H3/b;4-3-. The molecule has 0 N–H and O–H groups in total. The minimum Gasteiger partial charge on any atom is -0.256 e. The number of hydrogen-bond donors (Lipinski definition) is 0. The Hall–Kier alpha value is -5.76. The number of hydrogen-bond acceptors (Lipinski definition) is 1. The summed E-state index contributed by atoms with van der Waals surface area (Å²) in [6, 6.07) is 48.7. The first-order chi connectivity index (χ1) is 25.8. The van der Waals surface area contributed by atoms with Crippen molar-refractivity contribution < 1.29 is 0 Å². The highest BCUT2D eigenvalue weighted by molar-refractivity contribution is 6.31. The summed E-state index contributed by atoms with van der Waals surface area (Å²) in [5.41, 5.74) is 18.4. The maximum absolute atomic E-state index is 6.71. The largest absolute Gasteiger partial charge is 0.256 e. The molecule has 0 atom stereocenters. The van der Waals surface area contributed by atoms with Gasteiger partial charge in [0.2, 0.25) is 0 Å². The van der Waals surface area contributed by atoms with Gasteiger partial charge in [-0.15, -0.1) is 0 Å². The van der Waals surface area contributed by atoms with E-state index in [0.29, 0.717) is 0 Å². The second-order valence-electron chi connectivity index (χ2n) is 14.2. The summed E-state index contributed by atoms with van der Waals surface area (Å²) in [5.74, 6) is 0. The number of benzene rings is 7. The van der Waals surface area contributed by atoms with Gasteiger partial charge < -0.3 is 0 Å². The van der Waals surface area contributed by atoms with Crippen LogP contribution in [0.3, 0.4) is 0 Å². The average molecular weight is 704 g/mol. The van der Waals surface area contributed by atoms with E-state index < -0.39 is 0 Å². The normalized spacial score (nSPS) is 11.8. The number of halogens is 1. The third-order valence-corrected chi connectivity index (χ3v) is 10.6. The van der Waals surface area contributed by atoms with Gasteiger partial charge in [-0.1, -0.05) is 144 Å². The highest BCUT2D eigenvalue weighted by atomic mass is 35.5. The van der Waals surface area contributed by atoms with Crippen molar-refractivity contribution in [3.8, 4) is 55.8 Å². The molecule has 7 aromatic carbocycles. The predicted octanol–water partition coefficient (Wildman–Crippen LogP) is 14.8. The third-order valence-electron chi connectivity index (χ3n) is 10.4. The van der Waals surface area contributed by atoms with E-state index in [1.54, 1.807) is 0 Å². The molecule has 8 aromatic rings. The first kappa shape index (κ1) is 34.3. The number of nitrogens with zero attached hydrogens (tertiary/aromatic N) is 1. The zero-order valence-electron chi connectivity index (χ0n) is 31.0. The van der Waals surface area contributed by atoms with Crippen molar-refractivity contribution in [3.05, 3.63) is 185 Å². The Bertz CT molecular complexity index is 2650. The zero-order valence-corrected chi connectivity index (χ0v) is 31.7. The van der Waals surface area contributed by atoms with Gasteiger partial charge in [0.1, 0.15) is 0 Å². The minimum atomic E-state index is 0.745. The molecule has 9 rings (SSSR count). The quantitative estimate of drug-likeness (QED) is 0.131. The zero-order chi connectivity index (χ0) is 36.6. The molecule has 1 aliphatic carbocycles. The van der Waals surface area contributed by atoms with Crippen molar-refractivity contribution in [1.82, 2.24) is 4.98 Å². The van der Waals surface area contributed by atoms with E-state index >= 15 is 0 Å². The van der Waals surface area contributed by atoms with Gasteiger partial charge in [0.15, 0.2) is 0 Å². The number of rotatable bonds is 4. The molecule has 0 spiro atoms. The van der Waals surface area contributed by atoms with Crippen LogP contribution in [0.2, 0.25) is 5.02 Å². The van der Waals surface area contributed by atoms with Gasteiger partial charge in [0.05, 0.1) is 5.69 Å². The summed E-state index contributed by atoms with van der Waals surface area (Å²) < 4.78 is 0. The fourth-order valence-corrected chi connectivity index (χ4v) is 8.40. The molecule has 1 aliphatic rings. The summed E-state index contributed by atoms with van der Waals surface area (Å²) in [7, 11) is 0. The van der Waals surface area contributed by atoms with Crippen molar-refractivity contribution in [2.45, 2.75) is 41.0 Å². The predicted molar refractivity (Wildman–Crippen MR) is 229 cm³/mol. The van der Waals surface area contributed by atoms with Gasteiger partial charge in [0, 0.05) is 22.3 Å². The monoisotopic (exact) mass is 703 g/mol. The van der Waals surface area contributed by atoms with E-state index in [1.807, 2.05) is 38.3 Å².